The Morgan fingerprint density at radius 2 is 1.18 bits per heavy atom. The second-order valence-corrected chi connectivity index (χ2v) is 10.5. The Balaban J connectivity index is 0.00000324. The first-order valence-electron chi connectivity index (χ1n) is 12.0. The van der Waals surface area contributed by atoms with Crippen LogP contribution in [0.4, 0.5) is 0 Å². The Morgan fingerprint density at radius 3 is 1.74 bits per heavy atom. The van der Waals surface area contributed by atoms with Gasteiger partial charge in [-0.2, -0.15) is 0 Å². The Hall–Kier alpha value is 0.183. The van der Waals surface area contributed by atoms with Gasteiger partial charge in [0.1, 0.15) is 12.2 Å². The maximum absolute atomic E-state index is 10.8. The smallest absolute Gasteiger partial charge is 0.158 e. The van der Waals surface area contributed by atoms with Crippen molar-refractivity contribution in [2.45, 2.75) is 118 Å². The summed E-state index contributed by atoms with van der Waals surface area (Å²) in [5, 5.41) is 91.5. The molecule has 12 heteroatoms. The number of aliphatic hydroxyl groups excluding tert-OH is 9. The molecule has 1 saturated heterocycles. The minimum absolute atomic E-state index is 0. The van der Waals surface area contributed by atoms with Crippen molar-refractivity contribution in [3.8, 4) is 0 Å². The third-order valence-electron chi connectivity index (χ3n) is 8.13. The Bertz CT molecular complexity index is 634. The van der Waals surface area contributed by atoms with Gasteiger partial charge < -0.3 is 55.4 Å². The van der Waals surface area contributed by atoms with E-state index >= 15 is 0 Å². The number of ether oxygens (including phenoxy) is 2. The number of hydrogen-bond donors (Lipinski definition) is 9. The monoisotopic (exact) mass is 542 g/mol. The van der Waals surface area contributed by atoms with E-state index in [0.717, 1.165) is 0 Å². The van der Waals surface area contributed by atoms with Crippen LogP contribution >= 0.6 is 0 Å². The third-order valence-corrected chi connectivity index (χ3v) is 8.13. The molecule has 4 aliphatic rings. The molecule has 0 bridgehead atoms. The summed E-state index contributed by atoms with van der Waals surface area (Å²) in [6, 6.07) is 0. The molecule has 1 aliphatic heterocycles. The van der Waals surface area contributed by atoms with E-state index in [4.69, 9.17) is 9.47 Å². The summed E-state index contributed by atoms with van der Waals surface area (Å²) in [4.78, 5) is 0. The largest absolute Gasteiger partial charge is 0.393 e. The van der Waals surface area contributed by atoms with Crippen LogP contribution in [0.25, 0.3) is 0 Å². The zero-order valence-corrected chi connectivity index (χ0v) is 22.1. The van der Waals surface area contributed by atoms with E-state index in [2.05, 4.69) is 0 Å². The van der Waals surface area contributed by atoms with E-state index in [0.29, 0.717) is 12.8 Å². The van der Waals surface area contributed by atoms with E-state index in [9.17, 15) is 46.0 Å². The predicted molar refractivity (Wildman–Crippen MR) is 110 cm³/mol. The molecule has 3 saturated carbocycles. The van der Waals surface area contributed by atoms with Gasteiger partial charge in [-0.25, -0.2) is 0 Å². The molecular weight excluding hydrogens is 506 g/mol. The Labute approximate surface area is 211 Å². The van der Waals surface area contributed by atoms with Gasteiger partial charge in [0.05, 0.1) is 54.9 Å². The van der Waals surface area contributed by atoms with Crippen LogP contribution in [0.1, 0.15) is 44.9 Å². The second kappa shape index (κ2) is 11.7. The van der Waals surface area contributed by atoms with Crippen molar-refractivity contribution in [1.29, 1.82) is 0 Å². The molecule has 9 N–H and O–H groups in total. The average Bonchev–Trinajstić information content (AvgIpc) is 2.75. The molecule has 3 aliphatic carbocycles. The molecule has 0 aromatic rings. The van der Waals surface area contributed by atoms with E-state index < -0.39 is 85.3 Å². The minimum atomic E-state index is -1.38. The molecule has 0 aromatic heterocycles. The van der Waals surface area contributed by atoms with Crippen LogP contribution in [-0.4, -0.2) is 119 Å². The summed E-state index contributed by atoms with van der Waals surface area (Å²) in [7, 11) is 0. The summed E-state index contributed by atoms with van der Waals surface area (Å²) in [6.45, 7) is 0. The maximum atomic E-state index is 10.8. The molecule has 5 unspecified atom stereocenters. The first kappa shape index (κ1) is 28.8. The molecule has 1 heterocycles. The van der Waals surface area contributed by atoms with Crippen LogP contribution in [0, 0.1) is 17.8 Å². The van der Waals surface area contributed by atoms with E-state index in [-0.39, 0.29) is 57.5 Å². The van der Waals surface area contributed by atoms with Crippen molar-refractivity contribution in [1.82, 2.24) is 0 Å². The number of aliphatic hydroxyl groups is 9. The van der Waals surface area contributed by atoms with Crippen molar-refractivity contribution in [3.05, 3.63) is 0 Å². The van der Waals surface area contributed by atoms with Gasteiger partial charge in [-0.15, -0.1) is 0 Å². The molecule has 194 valence electrons. The maximum Gasteiger partial charge on any atom is 0.158 e. The van der Waals surface area contributed by atoms with E-state index in [1.54, 1.807) is 0 Å². The van der Waals surface area contributed by atoms with Crippen molar-refractivity contribution in [3.63, 3.8) is 0 Å². The van der Waals surface area contributed by atoms with Crippen molar-refractivity contribution >= 4 is 0 Å². The molecule has 34 heavy (non-hydrogen) atoms. The van der Waals surface area contributed by atoms with E-state index in [1.165, 1.54) is 0 Å². The second-order valence-electron chi connectivity index (χ2n) is 10.5. The third kappa shape index (κ3) is 6.01. The average molecular weight is 544 g/mol. The van der Waals surface area contributed by atoms with Gasteiger partial charge in [0.25, 0.3) is 0 Å². The molecule has 0 amide bonds. The Morgan fingerprint density at radius 1 is 0.647 bits per heavy atom. The summed E-state index contributed by atoms with van der Waals surface area (Å²) in [5.74, 6) is -1.38. The van der Waals surface area contributed by atoms with Gasteiger partial charge in [0.15, 0.2) is 6.29 Å². The van der Waals surface area contributed by atoms with Crippen LogP contribution in [0.2, 0.25) is 0 Å². The van der Waals surface area contributed by atoms with Crippen LogP contribution in [-0.2, 0) is 29.0 Å². The van der Waals surface area contributed by atoms with Gasteiger partial charge in [0.2, 0.25) is 0 Å². The standard InChI is InChI=1S/C22H38O11.Zn/c23-10-5-12(24)11-7-18(33-22(31)9-3-15(27)20(30)16(28)4-9)21(32-17(11)6-10)8-1-13(25)19(29)14(26)2-8;/h8-31H,1-7H2;/t8?,9?,10-,11+,12+,13-,14+,15-,16+,17-,18?,19?,20?,21-,22-;/m1./s1. The SMILES string of the molecule is OC1[C@H](O)CC([C@H]2O[C@@H]3C[C@H](O)C[C@H](O)[C@@H]3CC2O[C@@H](O)C2C[C@@H](O)C(O)[C@@H](O)C2)C[C@@H]1O.[Zn]. The van der Waals surface area contributed by atoms with Crippen LogP contribution in [0.5, 0.6) is 0 Å². The van der Waals surface area contributed by atoms with Crippen molar-refractivity contribution in [2.75, 3.05) is 0 Å². The Kier molecular flexibility index (Phi) is 9.90. The van der Waals surface area contributed by atoms with Gasteiger partial charge in [-0.3, -0.25) is 0 Å². The first-order chi connectivity index (χ1) is 15.5. The minimum Gasteiger partial charge on any atom is -0.393 e. The number of rotatable bonds is 4. The van der Waals surface area contributed by atoms with Crippen LogP contribution in [0.3, 0.4) is 0 Å². The van der Waals surface area contributed by atoms with Crippen molar-refractivity contribution < 1.29 is 74.9 Å². The quantitative estimate of drug-likeness (QED) is 0.129. The van der Waals surface area contributed by atoms with Gasteiger partial charge in [0, 0.05) is 31.3 Å². The normalized spacial score (nSPS) is 52.9. The molecule has 11 nitrogen and oxygen atoms in total. The summed E-state index contributed by atoms with van der Waals surface area (Å²) in [5.41, 5.74) is 0. The fourth-order valence-corrected chi connectivity index (χ4v) is 6.24. The molecule has 4 rings (SSSR count). The fraction of sp³-hybridized carbons (Fsp3) is 1.00. The zero-order valence-electron chi connectivity index (χ0n) is 19.2. The van der Waals surface area contributed by atoms with Gasteiger partial charge >= 0.3 is 0 Å². The molecule has 4 fully saturated rings. The predicted octanol–water partition coefficient (Wildman–Crippen LogP) is -3.04. The van der Waals surface area contributed by atoms with E-state index in [1.807, 2.05) is 0 Å². The molecule has 0 radical (unpaired) electrons. The molecule has 0 aromatic carbocycles. The number of hydrogen-bond acceptors (Lipinski definition) is 11. The summed E-state index contributed by atoms with van der Waals surface area (Å²) >= 11 is 0. The first-order valence-corrected chi connectivity index (χ1v) is 12.0. The van der Waals surface area contributed by atoms with Crippen LogP contribution in [0.15, 0.2) is 0 Å². The fourth-order valence-electron chi connectivity index (χ4n) is 6.24. The number of fused-ring (bicyclic) bond motifs is 1. The molecular formula is C22H38O11Zn. The molecule has 0 spiro atoms. The van der Waals surface area contributed by atoms with Crippen LogP contribution < -0.4 is 0 Å². The topological polar surface area (TPSA) is 201 Å². The summed E-state index contributed by atoms with van der Waals surface area (Å²) < 4.78 is 12.2. The summed E-state index contributed by atoms with van der Waals surface area (Å²) in [6.07, 6.45) is -10.9. The van der Waals surface area contributed by atoms with Gasteiger partial charge in [-0.05, 0) is 50.9 Å². The zero-order chi connectivity index (χ0) is 24.0. The van der Waals surface area contributed by atoms with Crippen molar-refractivity contribution in [2.24, 2.45) is 17.8 Å². The van der Waals surface area contributed by atoms with Gasteiger partial charge in [-0.1, -0.05) is 0 Å². The molecule has 15 atom stereocenters.